The van der Waals surface area contributed by atoms with Gasteiger partial charge in [0, 0.05) is 14.2 Å². The van der Waals surface area contributed by atoms with E-state index in [1.807, 2.05) is 4.68 Å². The van der Waals surface area contributed by atoms with E-state index in [2.05, 4.69) is 31.2 Å². The average Bonchev–Trinajstić information content (AvgIpc) is 2.82. The van der Waals surface area contributed by atoms with E-state index < -0.39 is 0 Å². The highest BCUT2D eigenvalue weighted by Crippen LogP contribution is 2.30. The van der Waals surface area contributed by atoms with Crippen LogP contribution in [0.3, 0.4) is 0 Å². The highest BCUT2D eigenvalue weighted by atomic mass is 35.5. The van der Waals surface area contributed by atoms with Crippen molar-refractivity contribution in [1.82, 2.24) is 15.1 Å². The fourth-order valence-corrected chi connectivity index (χ4v) is 2.51. The van der Waals surface area contributed by atoms with E-state index in [0.29, 0.717) is 18.2 Å². The number of rotatable bonds is 10. The van der Waals surface area contributed by atoms with E-state index in [1.165, 1.54) is 0 Å². The number of halogens is 1. The Morgan fingerprint density at radius 3 is 2.71 bits per heavy atom. The van der Waals surface area contributed by atoms with Gasteiger partial charge < -0.3 is 14.8 Å². The molecular formula is C15H28ClN3O2. The van der Waals surface area contributed by atoms with E-state index >= 15 is 0 Å². The predicted octanol–water partition coefficient (Wildman–Crippen LogP) is 3.04. The van der Waals surface area contributed by atoms with Crippen molar-refractivity contribution in [3.8, 4) is 0 Å². The molecule has 1 aromatic rings. The molecular weight excluding hydrogens is 290 g/mol. The van der Waals surface area contributed by atoms with Crippen molar-refractivity contribution in [2.24, 2.45) is 0 Å². The topological polar surface area (TPSA) is 48.3 Å². The summed E-state index contributed by atoms with van der Waals surface area (Å²) in [5, 5.41) is 8.60. The highest BCUT2D eigenvalue weighted by molar-refractivity contribution is 6.31. The third-order valence-electron chi connectivity index (χ3n) is 3.56. The Hall–Kier alpha value is -0.620. The second kappa shape index (κ2) is 8.73. The second-order valence-corrected chi connectivity index (χ2v) is 6.18. The Balaban J connectivity index is 2.98. The average molecular weight is 318 g/mol. The lowest BCUT2D eigenvalue weighted by Crippen LogP contribution is -2.34. The van der Waals surface area contributed by atoms with Gasteiger partial charge in [0.25, 0.3) is 0 Å². The fraction of sp³-hybridized carbons (Fsp3) is 0.800. The van der Waals surface area contributed by atoms with Crippen LogP contribution in [0, 0.1) is 0 Å². The summed E-state index contributed by atoms with van der Waals surface area (Å²) in [6.45, 7) is 8.54. The number of ether oxygens (including phenoxy) is 2. The Morgan fingerprint density at radius 1 is 1.43 bits per heavy atom. The molecule has 1 atom stereocenters. The van der Waals surface area contributed by atoms with Crippen LogP contribution in [0.2, 0.25) is 5.02 Å². The van der Waals surface area contributed by atoms with E-state index in [4.69, 9.17) is 21.1 Å². The van der Waals surface area contributed by atoms with Gasteiger partial charge in [-0.05, 0) is 33.2 Å². The van der Waals surface area contributed by atoms with E-state index in [-0.39, 0.29) is 11.6 Å². The molecule has 0 fully saturated rings. The van der Waals surface area contributed by atoms with Crippen molar-refractivity contribution in [3.63, 3.8) is 0 Å². The van der Waals surface area contributed by atoms with Crippen molar-refractivity contribution >= 4 is 11.6 Å². The summed E-state index contributed by atoms with van der Waals surface area (Å²) >= 11 is 6.36. The zero-order valence-corrected chi connectivity index (χ0v) is 14.5. The zero-order chi connectivity index (χ0) is 15.9. The molecule has 0 bridgehead atoms. The molecule has 1 heterocycles. The molecule has 0 saturated carbocycles. The first-order valence-electron chi connectivity index (χ1n) is 7.43. The number of aromatic nitrogens is 2. The van der Waals surface area contributed by atoms with Crippen LogP contribution >= 0.6 is 11.6 Å². The van der Waals surface area contributed by atoms with Gasteiger partial charge in [-0.25, -0.2) is 0 Å². The molecule has 122 valence electrons. The minimum absolute atomic E-state index is 0.103. The molecule has 0 spiro atoms. The molecule has 1 N–H and O–H groups in total. The molecule has 0 radical (unpaired) electrons. The molecule has 0 amide bonds. The van der Waals surface area contributed by atoms with Gasteiger partial charge in [0.1, 0.15) is 0 Å². The van der Waals surface area contributed by atoms with Crippen LogP contribution in [0.1, 0.15) is 45.3 Å². The van der Waals surface area contributed by atoms with Crippen molar-refractivity contribution < 1.29 is 9.47 Å². The summed E-state index contributed by atoms with van der Waals surface area (Å²) in [5.74, 6) is 0. The number of methoxy groups -OCH3 is 2. The first-order chi connectivity index (χ1) is 9.95. The first-order valence-corrected chi connectivity index (χ1v) is 7.81. The molecule has 5 nitrogen and oxygen atoms in total. The third kappa shape index (κ3) is 5.58. The third-order valence-corrected chi connectivity index (χ3v) is 3.85. The van der Waals surface area contributed by atoms with Crippen LogP contribution in [0.25, 0.3) is 0 Å². The molecule has 1 unspecified atom stereocenters. The Bertz CT molecular complexity index is 421. The molecule has 6 heteroatoms. The molecule has 0 saturated heterocycles. The predicted molar refractivity (Wildman–Crippen MR) is 85.9 cm³/mol. The lowest BCUT2D eigenvalue weighted by atomic mass is 9.96. The van der Waals surface area contributed by atoms with Crippen molar-refractivity contribution in [2.45, 2.75) is 51.8 Å². The van der Waals surface area contributed by atoms with Gasteiger partial charge in [0.2, 0.25) is 0 Å². The zero-order valence-electron chi connectivity index (χ0n) is 13.8. The van der Waals surface area contributed by atoms with Gasteiger partial charge in [0.05, 0.1) is 41.7 Å². The van der Waals surface area contributed by atoms with Crippen LogP contribution in [0.15, 0.2) is 6.20 Å². The quantitative estimate of drug-likeness (QED) is 0.720. The van der Waals surface area contributed by atoms with Gasteiger partial charge in [-0.2, -0.15) is 5.10 Å². The monoisotopic (exact) mass is 317 g/mol. The van der Waals surface area contributed by atoms with E-state index in [0.717, 1.165) is 25.1 Å². The Kier molecular flexibility index (Phi) is 7.66. The fourth-order valence-electron chi connectivity index (χ4n) is 2.23. The maximum atomic E-state index is 6.36. The van der Waals surface area contributed by atoms with Gasteiger partial charge in [-0.3, -0.25) is 4.68 Å². The number of hydrogen-bond donors (Lipinski definition) is 1. The maximum Gasteiger partial charge on any atom is 0.0834 e. The molecule has 21 heavy (non-hydrogen) atoms. The summed E-state index contributed by atoms with van der Waals surface area (Å²) in [5.41, 5.74) is 0.776. The number of nitrogens with zero attached hydrogens (tertiary/aromatic N) is 2. The summed E-state index contributed by atoms with van der Waals surface area (Å²) in [6, 6.07) is 0.103. The molecule has 1 rings (SSSR count). The van der Waals surface area contributed by atoms with Crippen LogP contribution < -0.4 is 5.32 Å². The van der Waals surface area contributed by atoms with E-state index in [9.17, 15) is 0 Å². The van der Waals surface area contributed by atoms with Crippen LogP contribution in [-0.2, 0) is 16.0 Å². The summed E-state index contributed by atoms with van der Waals surface area (Å²) in [6.07, 6.45) is 3.59. The lowest BCUT2D eigenvalue weighted by Gasteiger charge is -2.30. The minimum atomic E-state index is -0.231. The first kappa shape index (κ1) is 18.4. The SMILES string of the molecule is CCCNC(CC(C)(C)OC)c1c(Cl)cnn1CCOC. The standard InChI is InChI=1S/C15H28ClN3O2/c1-6-7-17-13(10-15(2,3)21-5)14-12(16)11-18-19(14)8-9-20-4/h11,13,17H,6-10H2,1-5H3. The molecule has 0 aliphatic rings. The van der Waals surface area contributed by atoms with Crippen molar-refractivity contribution in [2.75, 3.05) is 27.4 Å². The van der Waals surface area contributed by atoms with Crippen molar-refractivity contribution in [1.29, 1.82) is 0 Å². The second-order valence-electron chi connectivity index (χ2n) is 5.77. The summed E-state index contributed by atoms with van der Waals surface area (Å²) < 4.78 is 12.6. The maximum absolute atomic E-state index is 6.36. The summed E-state index contributed by atoms with van der Waals surface area (Å²) in [4.78, 5) is 0. The molecule has 0 aliphatic heterocycles. The van der Waals surface area contributed by atoms with Crippen LogP contribution in [0.5, 0.6) is 0 Å². The van der Waals surface area contributed by atoms with Crippen LogP contribution in [-0.4, -0.2) is 42.8 Å². The number of hydrogen-bond acceptors (Lipinski definition) is 4. The van der Waals surface area contributed by atoms with E-state index in [1.54, 1.807) is 20.4 Å². The van der Waals surface area contributed by atoms with Crippen molar-refractivity contribution in [3.05, 3.63) is 16.9 Å². The minimum Gasteiger partial charge on any atom is -0.383 e. The van der Waals surface area contributed by atoms with Crippen LogP contribution in [0.4, 0.5) is 0 Å². The lowest BCUT2D eigenvalue weighted by molar-refractivity contribution is 0.00605. The van der Waals surface area contributed by atoms with Gasteiger partial charge in [-0.1, -0.05) is 18.5 Å². The Morgan fingerprint density at radius 2 is 2.14 bits per heavy atom. The Labute approximate surface area is 132 Å². The molecule has 0 aromatic carbocycles. The normalized spacial score (nSPS) is 13.6. The van der Waals surface area contributed by atoms with Gasteiger partial charge in [0.15, 0.2) is 0 Å². The summed E-state index contributed by atoms with van der Waals surface area (Å²) in [7, 11) is 3.42. The molecule has 0 aliphatic carbocycles. The smallest absolute Gasteiger partial charge is 0.0834 e. The number of nitrogens with one attached hydrogen (secondary N) is 1. The largest absolute Gasteiger partial charge is 0.383 e. The molecule has 1 aromatic heterocycles. The highest BCUT2D eigenvalue weighted by Gasteiger charge is 2.27. The van der Waals surface area contributed by atoms with Gasteiger partial charge >= 0.3 is 0 Å². The van der Waals surface area contributed by atoms with Gasteiger partial charge in [-0.15, -0.1) is 0 Å².